The van der Waals surface area contributed by atoms with Gasteiger partial charge in [-0.2, -0.15) is 0 Å². The zero-order chi connectivity index (χ0) is 14.7. The van der Waals surface area contributed by atoms with Crippen LogP contribution < -0.4 is 0 Å². The zero-order valence-electron chi connectivity index (χ0n) is 11.2. The van der Waals surface area contributed by atoms with E-state index in [9.17, 15) is 4.79 Å². The van der Waals surface area contributed by atoms with E-state index in [4.69, 9.17) is 5.11 Å². The van der Waals surface area contributed by atoms with Crippen LogP contribution in [-0.2, 0) is 11.3 Å². The number of nitrogens with zero attached hydrogens (tertiary/aromatic N) is 4. The predicted molar refractivity (Wildman–Crippen MR) is 77.1 cm³/mol. The highest BCUT2D eigenvalue weighted by Gasteiger charge is 2.15. The lowest BCUT2D eigenvalue weighted by Gasteiger charge is -2.11. The molecule has 1 unspecified atom stereocenters. The smallest absolute Gasteiger partial charge is 0.303 e. The second kappa shape index (κ2) is 6.13. The van der Waals surface area contributed by atoms with Gasteiger partial charge < -0.3 is 5.11 Å². The summed E-state index contributed by atoms with van der Waals surface area (Å²) in [6, 6.07) is 5.88. The number of rotatable bonds is 5. The van der Waals surface area contributed by atoms with E-state index in [1.807, 2.05) is 32.0 Å². The summed E-state index contributed by atoms with van der Waals surface area (Å²) in [6.07, 6.45) is 0.0959. The summed E-state index contributed by atoms with van der Waals surface area (Å²) in [6.45, 7) is 4.33. The number of hydrogen-bond acceptors (Lipinski definition) is 4. The van der Waals surface area contributed by atoms with Crippen LogP contribution in [0.5, 0.6) is 0 Å². The standard InChI is InChI=1S/C13H15BrN4O2/c1-8(5-12(19)20)7-18-13(15-16-17-18)11-4-3-10(14)6-9(11)2/h3-4,6,8H,5,7H2,1-2H3,(H,19,20). The Kier molecular flexibility index (Phi) is 4.49. The maximum Gasteiger partial charge on any atom is 0.303 e. The number of benzene rings is 1. The van der Waals surface area contributed by atoms with E-state index in [1.54, 1.807) is 4.68 Å². The molecule has 0 saturated heterocycles. The molecule has 6 nitrogen and oxygen atoms in total. The molecule has 0 fully saturated rings. The van der Waals surface area contributed by atoms with Gasteiger partial charge in [0.25, 0.3) is 0 Å². The number of carboxylic acid groups (broad SMARTS) is 1. The molecule has 2 aromatic rings. The second-order valence-corrected chi connectivity index (χ2v) is 5.76. The van der Waals surface area contributed by atoms with Crippen LogP contribution in [0, 0.1) is 12.8 Å². The van der Waals surface area contributed by atoms with Crippen molar-refractivity contribution in [3.8, 4) is 11.4 Å². The van der Waals surface area contributed by atoms with Gasteiger partial charge in [0.2, 0.25) is 0 Å². The van der Waals surface area contributed by atoms with Gasteiger partial charge in [-0.1, -0.05) is 22.9 Å². The minimum Gasteiger partial charge on any atom is -0.481 e. The molecule has 0 aliphatic rings. The maximum atomic E-state index is 10.7. The van der Waals surface area contributed by atoms with E-state index in [2.05, 4.69) is 31.5 Å². The lowest BCUT2D eigenvalue weighted by molar-refractivity contribution is -0.138. The fourth-order valence-corrected chi connectivity index (χ4v) is 2.53. The van der Waals surface area contributed by atoms with E-state index in [0.717, 1.165) is 15.6 Å². The van der Waals surface area contributed by atoms with Crippen molar-refractivity contribution in [2.45, 2.75) is 26.8 Å². The van der Waals surface area contributed by atoms with Crippen LogP contribution in [0.2, 0.25) is 0 Å². The average Bonchev–Trinajstić information content (AvgIpc) is 2.75. The molecule has 0 amide bonds. The van der Waals surface area contributed by atoms with Crippen molar-refractivity contribution in [3.63, 3.8) is 0 Å². The topological polar surface area (TPSA) is 80.9 Å². The molecule has 20 heavy (non-hydrogen) atoms. The Hall–Kier alpha value is -1.76. The molecule has 1 heterocycles. The lowest BCUT2D eigenvalue weighted by Crippen LogP contribution is -2.14. The number of carbonyl (C=O) groups is 1. The van der Waals surface area contributed by atoms with Crippen molar-refractivity contribution >= 4 is 21.9 Å². The summed E-state index contributed by atoms with van der Waals surface area (Å²) in [7, 11) is 0. The molecule has 0 radical (unpaired) electrons. The summed E-state index contributed by atoms with van der Waals surface area (Å²) in [4.78, 5) is 10.7. The number of tetrazole rings is 1. The molecular formula is C13H15BrN4O2. The monoisotopic (exact) mass is 338 g/mol. The summed E-state index contributed by atoms with van der Waals surface area (Å²) >= 11 is 3.42. The van der Waals surface area contributed by atoms with E-state index in [-0.39, 0.29) is 12.3 Å². The highest BCUT2D eigenvalue weighted by molar-refractivity contribution is 9.10. The molecule has 106 valence electrons. The molecule has 2 rings (SSSR count). The Morgan fingerprint density at radius 1 is 1.50 bits per heavy atom. The van der Waals surface area contributed by atoms with E-state index < -0.39 is 5.97 Å². The normalized spacial score (nSPS) is 12.3. The van der Waals surface area contributed by atoms with Gasteiger partial charge in [0.05, 0.1) is 0 Å². The van der Waals surface area contributed by atoms with Crippen LogP contribution in [0.15, 0.2) is 22.7 Å². The molecular weight excluding hydrogens is 324 g/mol. The van der Waals surface area contributed by atoms with Crippen LogP contribution in [0.3, 0.4) is 0 Å². The Morgan fingerprint density at radius 2 is 2.25 bits per heavy atom. The third-order valence-corrected chi connectivity index (χ3v) is 3.46. The van der Waals surface area contributed by atoms with Crippen molar-refractivity contribution in [2.24, 2.45) is 5.92 Å². The predicted octanol–water partition coefficient (Wildman–Crippen LogP) is 2.52. The molecule has 0 spiro atoms. The Bertz CT molecular complexity index is 627. The second-order valence-electron chi connectivity index (χ2n) is 4.85. The van der Waals surface area contributed by atoms with Gasteiger partial charge in [-0.25, -0.2) is 4.68 Å². The van der Waals surface area contributed by atoms with Crippen molar-refractivity contribution < 1.29 is 9.90 Å². The number of halogens is 1. The van der Waals surface area contributed by atoms with Crippen molar-refractivity contribution in [1.82, 2.24) is 20.2 Å². The molecule has 1 aromatic heterocycles. The fraction of sp³-hybridized carbons (Fsp3) is 0.385. The third kappa shape index (κ3) is 3.41. The Labute approximate surface area is 124 Å². The first kappa shape index (κ1) is 14.6. The van der Waals surface area contributed by atoms with Gasteiger partial charge in [-0.05, 0) is 47.0 Å². The summed E-state index contributed by atoms with van der Waals surface area (Å²) in [5.74, 6) is -0.190. The molecule has 0 bridgehead atoms. The number of carboxylic acids is 1. The SMILES string of the molecule is Cc1cc(Br)ccc1-c1nnnn1CC(C)CC(=O)O. The molecule has 0 saturated carbocycles. The van der Waals surface area contributed by atoms with Crippen molar-refractivity contribution in [3.05, 3.63) is 28.2 Å². The minimum absolute atomic E-state index is 0.0366. The molecule has 0 aliphatic carbocycles. The van der Waals surface area contributed by atoms with Gasteiger partial charge in [0.15, 0.2) is 5.82 Å². The fourth-order valence-electron chi connectivity index (χ4n) is 2.06. The maximum absolute atomic E-state index is 10.7. The van der Waals surface area contributed by atoms with Crippen LogP contribution in [-0.4, -0.2) is 31.3 Å². The van der Waals surface area contributed by atoms with Gasteiger partial charge in [0, 0.05) is 23.0 Å². The average molecular weight is 339 g/mol. The quantitative estimate of drug-likeness (QED) is 0.905. The summed E-state index contributed by atoms with van der Waals surface area (Å²) < 4.78 is 2.65. The zero-order valence-corrected chi connectivity index (χ0v) is 12.8. The number of aliphatic carboxylic acids is 1. The molecule has 1 atom stereocenters. The number of aromatic nitrogens is 4. The Balaban J connectivity index is 2.26. The largest absolute Gasteiger partial charge is 0.481 e. The Morgan fingerprint density at radius 3 is 2.90 bits per heavy atom. The van der Waals surface area contributed by atoms with Crippen molar-refractivity contribution in [2.75, 3.05) is 0 Å². The number of hydrogen-bond donors (Lipinski definition) is 1. The molecule has 1 N–H and O–H groups in total. The van der Waals surface area contributed by atoms with E-state index in [0.29, 0.717) is 12.4 Å². The van der Waals surface area contributed by atoms with Gasteiger partial charge in [0.1, 0.15) is 0 Å². The van der Waals surface area contributed by atoms with Crippen LogP contribution in [0.25, 0.3) is 11.4 Å². The van der Waals surface area contributed by atoms with Crippen LogP contribution in [0.4, 0.5) is 0 Å². The lowest BCUT2D eigenvalue weighted by atomic mass is 10.1. The first-order valence-electron chi connectivity index (χ1n) is 6.22. The molecule has 1 aromatic carbocycles. The van der Waals surface area contributed by atoms with E-state index >= 15 is 0 Å². The van der Waals surface area contributed by atoms with Gasteiger partial charge in [-0.3, -0.25) is 4.79 Å². The molecule has 7 heteroatoms. The highest BCUT2D eigenvalue weighted by Crippen LogP contribution is 2.24. The summed E-state index contributed by atoms with van der Waals surface area (Å²) in [5.41, 5.74) is 2.00. The first-order valence-corrected chi connectivity index (χ1v) is 7.01. The third-order valence-electron chi connectivity index (χ3n) is 2.97. The van der Waals surface area contributed by atoms with Crippen LogP contribution >= 0.6 is 15.9 Å². The van der Waals surface area contributed by atoms with E-state index in [1.165, 1.54) is 0 Å². The van der Waals surface area contributed by atoms with Crippen LogP contribution in [0.1, 0.15) is 18.9 Å². The minimum atomic E-state index is -0.813. The first-order chi connectivity index (χ1) is 9.47. The molecule has 0 aliphatic heterocycles. The summed E-state index contributed by atoms with van der Waals surface area (Å²) in [5, 5.41) is 20.5. The highest BCUT2D eigenvalue weighted by atomic mass is 79.9. The number of aryl methyl sites for hydroxylation is 1. The van der Waals surface area contributed by atoms with Gasteiger partial charge >= 0.3 is 5.97 Å². The van der Waals surface area contributed by atoms with Crippen molar-refractivity contribution in [1.29, 1.82) is 0 Å². The van der Waals surface area contributed by atoms with Gasteiger partial charge in [-0.15, -0.1) is 5.10 Å².